The van der Waals surface area contributed by atoms with Crippen molar-refractivity contribution in [2.75, 3.05) is 0 Å². The van der Waals surface area contributed by atoms with Crippen LogP contribution in [0.15, 0.2) is 18.5 Å². The summed E-state index contributed by atoms with van der Waals surface area (Å²) in [6, 6.07) is 1.48. The summed E-state index contributed by atoms with van der Waals surface area (Å²) < 4.78 is 1.75. The number of carboxylic acid groups (broad SMARTS) is 1. The van der Waals surface area contributed by atoms with Gasteiger partial charge in [-0.05, 0) is 32.3 Å². The minimum absolute atomic E-state index is 0.0481. The van der Waals surface area contributed by atoms with Crippen LogP contribution in [0, 0.1) is 5.92 Å². The Morgan fingerprint density at radius 1 is 1.50 bits per heavy atom. The fraction of sp³-hybridized carbons (Fsp3) is 0.615. The highest BCUT2D eigenvalue weighted by atomic mass is 16.4. The van der Waals surface area contributed by atoms with Crippen LogP contribution >= 0.6 is 0 Å². The standard InChI is InChI=1S/C13H20N4O3/c1-9(8-17-6-2-5-14-17)15-13(20)16-11-4-3-10(7-11)12(18)19/h2,5-6,9-11H,3-4,7-8H2,1H3,(H,18,19)(H2,15,16,20). The van der Waals surface area contributed by atoms with Crippen molar-refractivity contribution in [1.82, 2.24) is 20.4 Å². The molecule has 3 unspecified atom stereocenters. The van der Waals surface area contributed by atoms with Gasteiger partial charge in [-0.2, -0.15) is 5.10 Å². The third kappa shape index (κ3) is 3.97. The van der Waals surface area contributed by atoms with E-state index in [2.05, 4.69) is 15.7 Å². The lowest BCUT2D eigenvalue weighted by Gasteiger charge is -2.17. The van der Waals surface area contributed by atoms with Crippen molar-refractivity contribution >= 4 is 12.0 Å². The van der Waals surface area contributed by atoms with Gasteiger partial charge >= 0.3 is 12.0 Å². The molecule has 1 aromatic heterocycles. The quantitative estimate of drug-likeness (QED) is 0.744. The first kappa shape index (κ1) is 14.4. The lowest BCUT2D eigenvalue weighted by atomic mass is 10.1. The Bertz CT molecular complexity index is 460. The van der Waals surface area contributed by atoms with Crippen molar-refractivity contribution in [3.05, 3.63) is 18.5 Å². The molecule has 1 heterocycles. The maximum absolute atomic E-state index is 11.8. The molecule has 1 saturated carbocycles. The molecular weight excluding hydrogens is 260 g/mol. The largest absolute Gasteiger partial charge is 0.481 e. The molecule has 20 heavy (non-hydrogen) atoms. The second kappa shape index (κ2) is 6.40. The molecular formula is C13H20N4O3. The number of rotatable bonds is 5. The third-order valence-corrected chi connectivity index (χ3v) is 3.51. The normalized spacial score (nSPS) is 23.2. The molecule has 1 aliphatic rings. The highest BCUT2D eigenvalue weighted by Crippen LogP contribution is 2.25. The van der Waals surface area contributed by atoms with Crippen LogP contribution in [-0.2, 0) is 11.3 Å². The fourth-order valence-electron chi connectivity index (χ4n) is 2.52. The van der Waals surface area contributed by atoms with E-state index in [1.165, 1.54) is 0 Å². The smallest absolute Gasteiger partial charge is 0.315 e. The summed E-state index contributed by atoms with van der Waals surface area (Å²) in [5.41, 5.74) is 0. The second-order valence-corrected chi connectivity index (χ2v) is 5.29. The molecule has 0 aliphatic heterocycles. The van der Waals surface area contributed by atoms with E-state index in [0.717, 1.165) is 6.42 Å². The van der Waals surface area contributed by atoms with Gasteiger partial charge in [0.15, 0.2) is 0 Å². The number of aromatic nitrogens is 2. The van der Waals surface area contributed by atoms with Gasteiger partial charge in [0, 0.05) is 24.5 Å². The highest BCUT2D eigenvalue weighted by Gasteiger charge is 2.30. The van der Waals surface area contributed by atoms with E-state index < -0.39 is 5.97 Å². The van der Waals surface area contributed by atoms with Crippen molar-refractivity contribution in [3.8, 4) is 0 Å². The molecule has 3 atom stereocenters. The Morgan fingerprint density at radius 3 is 2.90 bits per heavy atom. The van der Waals surface area contributed by atoms with Crippen LogP contribution < -0.4 is 10.6 Å². The van der Waals surface area contributed by atoms with Gasteiger partial charge in [-0.3, -0.25) is 9.48 Å². The van der Waals surface area contributed by atoms with Crippen LogP contribution in [0.1, 0.15) is 26.2 Å². The molecule has 3 N–H and O–H groups in total. The van der Waals surface area contributed by atoms with Gasteiger partial charge in [-0.15, -0.1) is 0 Å². The van der Waals surface area contributed by atoms with Crippen LogP contribution in [0.5, 0.6) is 0 Å². The van der Waals surface area contributed by atoms with Gasteiger partial charge in [0.2, 0.25) is 0 Å². The predicted octanol–water partition coefficient (Wildman–Crippen LogP) is 0.824. The van der Waals surface area contributed by atoms with Gasteiger partial charge in [0.25, 0.3) is 0 Å². The van der Waals surface area contributed by atoms with Crippen LogP contribution in [0.2, 0.25) is 0 Å². The molecule has 7 heteroatoms. The van der Waals surface area contributed by atoms with E-state index in [1.807, 2.05) is 19.2 Å². The van der Waals surface area contributed by atoms with Crippen molar-refractivity contribution in [2.24, 2.45) is 5.92 Å². The topological polar surface area (TPSA) is 96.3 Å². The summed E-state index contributed by atoms with van der Waals surface area (Å²) in [5.74, 6) is -1.11. The van der Waals surface area contributed by atoms with Gasteiger partial charge in [0.05, 0.1) is 12.5 Å². The zero-order valence-electron chi connectivity index (χ0n) is 11.5. The Balaban J connectivity index is 1.71. The molecule has 0 spiro atoms. The van der Waals surface area contributed by atoms with Crippen molar-refractivity contribution in [1.29, 1.82) is 0 Å². The van der Waals surface area contributed by atoms with Crippen molar-refractivity contribution in [3.63, 3.8) is 0 Å². The second-order valence-electron chi connectivity index (χ2n) is 5.29. The first-order chi connectivity index (χ1) is 9.54. The summed E-state index contributed by atoms with van der Waals surface area (Å²) in [4.78, 5) is 22.7. The molecule has 0 aromatic carbocycles. The summed E-state index contributed by atoms with van der Waals surface area (Å²) in [6.07, 6.45) is 5.39. The molecule has 2 amide bonds. The minimum atomic E-state index is -0.776. The van der Waals surface area contributed by atoms with Crippen LogP contribution in [0.3, 0.4) is 0 Å². The van der Waals surface area contributed by atoms with Gasteiger partial charge in [-0.25, -0.2) is 4.79 Å². The molecule has 0 bridgehead atoms. The number of hydrogen-bond donors (Lipinski definition) is 3. The highest BCUT2D eigenvalue weighted by molar-refractivity contribution is 5.75. The van der Waals surface area contributed by atoms with Gasteiger partial charge in [0.1, 0.15) is 0 Å². The SMILES string of the molecule is CC(Cn1cccn1)NC(=O)NC1CCC(C(=O)O)C1. The zero-order chi connectivity index (χ0) is 14.5. The molecule has 1 fully saturated rings. The fourth-order valence-corrected chi connectivity index (χ4v) is 2.52. The predicted molar refractivity (Wildman–Crippen MR) is 72.1 cm³/mol. The van der Waals surface area contributed by atoms with E-state index in [4.69, 9.17) is 5.11 Å². The lowest BCUT2D eigenvalue weighted by molar-refractivity contribution is -0.141. The number of aliphatic carboxylic acids is 1. The number of hydrogen-bond acceptors (Lipinski definition) is 3. The number of carbonyl (C=O) groups is 2. The average molecular weight is 280 g/mol. The number of amides is 2. The molecule has 2 rings (SSSR count). The van der Waals surface area contributed by atoms with E-state index in [-0.39, 0.29) is 24.0 Å². The summed E-state index contributed by atoms with van der Waals surface area (Å²) >= 11 is 0. The molecule has 7 nitrogen and oxygen atoms in total. The summed E-state index contributed by atoms with van der Waals surface area (Å²) in [7, 11) is 0. The molecule has 0 saturated heterocycles. The van der Waals surface area contributed by atoms with Gasteiger partial charge in [-0.1, -0.05) is 0 Å². The van der Waals surface area contributed by atoms with Gasteiger partial charge < -0.3 is 15.7 Å². The number of carboxylic acids is 1. The van der Waals surface area contributed by atoms with Crippen LogP contribution in [0.4, 0.5) is 4.79 Å². The monoisotopic (exact) mass is 280 g/mol. The maximum atomic E-state index is 11.8. The molecule has 0 radical (unpaired) electrons. The molecule has 1 aliphatic carbocycles. The minimum Gasteiger partial charge on any atom is -0.481 e. The molecule has 1 aromatic rings. The Hall–Kier alpha value is -2.05. The Morgan fingerprint density at radius 2 is 2.30 bits per heavy atom. The van der Waals surface area contributed by atoms with Crippen LogP contribution in [-0.4, -0.2) is 39.0 Å². The average Bonchev–Trinajstić information content (AvgIpc) is 2.99. The van der Waals surface area contributed by atoms with E-state index in [1.54, 1.807) is 10.9 Å². The summed E-state index contributed by atoms with van der Waals surface area (Å²) in [5, 5.41) is 18.7. The Kier molecular flexibility index (Phi) is 4.60. The number of nitrogens with zero attached hydrogens (tertiary/aromatic N) is 2. The maximum Gasteiger partial charge on any atom is 0.315 e. The number of nitrogens with one attached hydrogen (secondary N) is 2. The van der Waals surface area contributed by atoms with E-state index in [9.17, 15) is 9.59 Å². The third-order valence-electron chi connectivity index (χ3n) is 3.51. The first-order valence-electron chi connectivity index (χ1n) is 6.82. The Labute approximate surface area is 117 Å². The first-order valence-corrected chi connectivity index (χ1v) is 6.82. The number of urea groups is 1. The molecule has 110 valence electrons. The van der Waals surface area contributed by atoms with E-state index >= 15 is 0 Å². The summed E-state index contributed by atoms with van der Waals surface area (Å²) in [6.45, 7) is 2.50. The van der Waals surface area contributed by atoms with Crippen LogP contribution in [0.25, 0.3) is 0 Å². The van der Waals surface area contributed by atoms with Crippen molar-refractivity contribution in [2.45, 2.75) is 44.8 Å². The number of carbonyl (C=O) groups excluding carboxylic acids is 1. The zero-order valence-corrected chi connectivity index (χ0v) is 11.5. The van der Waals surface area contributed by atoms with Crippen molar-refractivity contribution < 1.29 is 14.7 Å². The van der Waals surface area contributed by atoms with E-state index in [0.29, 0.717) is 19.4 Å². The lowest BCUT2D eigenvalue weighted by Crippen LogP contribution is -2.46.